The normalized spacial score (nSPS) is 16.1. The second-order valence-corrected chi connectivity index (χ2v) is 9.61. The van der Waals surface area contributed by atoms with E-state index in [0.29, 0.717) is 21.6 Å². The average molecular weight is 490 g/mol. The molecule has 1 aliphatic rings. The van der Waals surface area contributed by atoms with E-state index in [1.807, 2.05) is 44.2 Å². The number of aryl methyl sites for hydroxylation is 1. The lowest BCUT2D eigenvalue weighted by molar-refractivity contribution is -0.115. The molecule has 0 radical (unpaired) electrons. The Morgan fingerprint density at radius 3 is 2.62 bits per heavy atom. The number of thioether (sulfide) groups is 1. The van der Waals surface area contributed by atoms with Crippen LogP contribution in [0.5, 0.6) is 0 Å². The molecule has 1 aliphatic heterocycles. The third-order valence-corrected chi connectivity index (χ3v) is 6.99. The Morgan fingerprint density at radius 1 is 1.09 bits per heavy atom. The number of nitrogens with zero attached hydrogens (tertiary/aromatic N) is 2. The predicted octanol–water partition coefficient (Wildman–Crippen LogP) is 6.99. The second-order valence-electron chi connectivity index (χ2n) is 8.14. The highest BCUT2D eigenvalue weighted by Crippen LogP contribution is 2.34. The number of rotatable bonds is 4. The van der Waals surface area contributed by atoms with Crippen molar-refractivity contribution in [3.8, 4) is 0 Å². The summed E-state index contributed by atoms with van der Waals surface area (Å²) in [6.45, 7) is 4.58. The van der Waals surface area contributed by atoms with E-state index in [-0.39, 0.29) is 11.7 Å². The molecular weight excluding hydrogens is 469 g/mol. The van der Waals surface area contributed by atoms with Gasteiger partial charge in [-0.1, -0.05) is 41.9 Å². The van der Waals surface area contributed by atoms with Gasteiger partial charge in [0.05, 0.1) is 10.6 Å². The minimum Gasteiger partial charge on any atom is -0.340 e. The number of aromatic nitrogens is 1. The van der Waals surface area contributed by atoms with Crippen LogP contribution in [0.1, 0.15) is 22.4 Å². The van der Waals surface area contributed by atoms with Crippen LogP contribution in [0, 0.1) is 19.7 Å². The van der Waals surface area contributed by atoms with E-state index in [4.69, 9.17) is 11.6 Å². The quantitative estimate of drug-likeness (QED) is 0.314. The van der Waals surface area contributed by atoms with E-state index in [9.17, 15) is 9.18 Å². The molecule has 0 saturated carbocycles. The molecule has 1 saturated heterocycles. The van der Waals surface area contributed by atoms with Gasteiger partial charge in [-0.15, -0.1) is 0 Å². The maximum Gasteiger partial charge on any atom is 0.264 e. The van der Waals surface area contributed by atoms with Gasteiger partial charge in [0.25, 0.3) is 5.91 Å². The predicted molar refractivity (Wildman–Crippen MR) is 139 cm³/mol. The molecule has 0 aliphatic carbocycles. The minimum absolute atomic E-state index is 0.176. The van der Waals surface area contributed by atoms with Crippen molar-refractivity contribution in [2.45, 2.75) is 20.4 Å². The number of benzene rings is 3. The van der Waals surface area contributed by atoms with Crippen LogP contribution in [0.2, 0.25) is 5.02 Å². The molecule has 5 rings (SSSR count). The standard InChI is InChI=1S/C27H21ClFN3OS/c1-16-13-19(28)9-12-23(16)30-27-31-26(33)25(34-27)14-22-17(2)32(24-6-4-3-5-21(22)24)15-18-7-10-20(29)11-8-18/h3-14H,15H2,1-2H3,(H,30,31,33)/b25-14-. The van der Waals surface area contributed by atoms with Crippen LogP contribution in [-0.4, -0.2) is 15.6 Å². The van der Waals surface area contributed by atoms with Crippen LogP contribution < -0.4 is 5.32 Å². The first-order chi connectivity index (χ1) is 16.4. The lowest BCUT2D eigenvalue weighted by atomic mass is 10.1. The topological polar surface area (TPSA) is 46.4 Å². The highest BCUT2D eigenvalue weighted by atomic mass is 35.5. The largest absolute Gasteiger partial charge is 0.340 e. The van der Waals surface area contributed by atoms with Crippen molar-refractivity contribution < 1.29 is 9.18 Å². The fourth-order valence-electron chi connectivity index (χ4n) is 4.08. The Hall–Kier alpha value is -3.35. The number of halogens is 2. The molecule has 3 aromatic carbocycles. The fourth-order valence-corrected chi connectivity index (χ4v) is 5.12. The molecule has 0 spiro atoms. The van der Waals surface area contributed by atoms with Crippen LogP contribution in [0.3, 0.4) is 0 Å². The molecule has 4 aromatic rings. The van der Waals surface area contributed by atoms with E-state index in [2.05, 4.69) is 27.0 Å². The number of fused-ring (bicyclic) bond motifs is 1. The summed E-state index contributed by atoms with van der Waals surface area (Å²) in [4.78, 5) is 17.9. The van der Waals surface area contributed by atoms with E-state index in [1.54, 1.807) is 18.2 Å². The Balaban J connectivity index is 1.51. The molecule has 1 fully saturated rings. The summed E-state index contributed by atoms with van der Waals surface area (Å²) in [5, 5.41) is 5.11. The molecule has 1 N–H and O–H groups in total. The van der Waals surface area contributed by atoms with E-state index in [1.165, 1.54) is 23.9 Å². The molecule has 7 heteroatoms. The van der Waals surface area contributed by atoms with Crippen LogP contribution in [0.15, 0.2) is 76.6 Å². The zero-order chi connectivity index (χ0) is 23.8. The smallest absolute Gasteiger partial charge is 0.264 e. The van der Waals surface area contributed by atoms with Crippen molar-refractivity contribution >= 4 is 57.1 Å². The van der Waals surface area contributed by atoms with Crippen LogP contribution >= 0.6 is 23.4 Å². The summed E-state index contributed by atoms with van der Waals surface area (Å²) in [7, 11) is 0. The number of amides is 1. The summed E-state index contributed by atoms with van der Waals surface area (Å²) in [6.07, 6.45) is 1.93. The molecule has 34 heavy (non-hydrogen) atoms. The maximum atomic E-state index is 13.4. The zero-order valence-electron chi connectivity index (χ0n) is 18.6. The van der Waals surface area contributed by atoms with Gasteiger partial charge >= 0.3 is 0 Å². The zero-order valence-corrected chi connectivity index (χ0v) is 20.2. The number of amidine groups is 1. The van der Waals surface area contributed by atoms with Gasteiger partial charge in [-0.3, -0.25) is 4.79 Å². The Labute approximate surface area is 206 Å². The lowest BCUT2D eigenvalue weighted by Gasteiger charge is -2.09. The Bertz CT molecular complexity index is 1490. The van der Waals surface area contributed by atoms with Crippen molar-refractivity contribution in [1.82, 2.24) is 9.88 Å². The van der Waals surface area contributed by atoms with E-state index < -0.39 is 0 Å². The summed E-state index contributed by atoms with van der Waals surface area (Å²) in [6, 6.07) is 20.1. The summed E-state index contributed by atoms with van der Waals surface area (Å²) in [5.74, 6) is -0.427. The van der Waals surface area contributed by atoms with Gasteiger partial charge in [0.1, 0.15) is 5.82 Å². The molecule has 4 nitrogen and oxygen atoms in total. The van der Waals surface area contributed by atoms with Gasteiger partial charge in [-0.25, -0.2) is 9.38 Å². The minimum atomic E-state index is -0.251. The Morgan fingerprint density at radius 2 is 1.85 bits per heavy atom. The summed E-state index contributed by atoms with van der Waals surface area (Å²) < 4.78 is 15.6. The number of carbonyl (C=O) groups is 1. The van der Waals surface area contributed by atoms with Gasteiger partial charge in [-0.05, 0) is 79.2 Å². The van der Waals surface area contributed by atoms with Crippen LogP contribution in [0.4, 0.5) is 10.1 Å². The van der Waals surface area contributed by atoms with Gasteiger partial charge in [0.15, 0.2) is 5.17 Å². The SMILES string of the molecule is Cc1cc(Cl)ccc1N=C1NC(=O)/C(=C/c2c(C)n(Cc3ccc(F)cc3)c3ccccc23)S1. The molecule has 170 valence electrons. The molecular formula is C27H21ClFN3OS. The molecule has 0 unspecified atom stereocenters. The van der Waals surface area contributed by atoms with E-state index >= 15 is 0 Å². The second kappa shape index (κ2) is 9.12. The number of carbonyl (C=O) groups excluding carboxylic acids is 1. The number of para-hydroxylation sites is 1. The van der Waals surface area contributed by atoms with Crippen molar-refractivity contribution in [3.05, 3.63) is 105 Å². The summed E-state index contributed by atoms with van der Waals surface area (Å²) >= 11 is 7.36. The number of aliphatic imine (C=N–C) groups is 1. The fraction of sp³-hybridized carbons (Fsp3) is 0.111. The van der Waals surface area contributed by atoms with Crippen molar-refractivity contribution in [2.75, 3.05) is 0 Å². The number of hydrogen-bond acceptors (Lipinski definition) is 3. The summed E-state index contributed by atoms with van der Waals surface area (Å²) in [5.41, 5.74) is 5.78. The first-order valence-corrected chi connectivity index (χ1v) is 12.0. The van der Waals surface area contributed by atoms with Gasteiger partial charge in [0.2, 0.25) is 0 Å². The van der Waals surface area contributed by atoms with Gasteiger partial charge in [0, 0.05) is 33.7 Å². The van der Waals surface area contributed by atoms with Crippen molar-refractivity contribution in [1.29, 1.82) is 0 Å². The van der Waals surface area contributed by atoms with Crippen molar-refractivity contribution in [2.24, 2.45) is 4.99 Å². The molecule has 1 amide bonds. The molecule has 0 atom stereocenters. The first-order valence-electron chi connectivity index (χ1n) is 10.8. The number of hydrogen-bond donors (Lipinski definition) is 1. The molecule has 0 bridgehead atoms. The number of nitrogens with one attached hydrogen (secondary N) is 1. The van der Waals surface area contributed by atoms with Crippen molar-refractivity contribution in [3.63, 3.8) is 0 Å². The lowest BCUT2D eigenvalue weighted by Crippen LogP contribution is -2.19. The van der Waals surface area contributed by atoms with Crippen LogP contribution in [0.25, 0.3) is 17.0 Å². The highest BCUT2D eigenvalue weighted by Gasteiger charge is 2.25. The van der Waals surface area contributed by atoms with Gasteiger partial charge < -0.3 is 9.88 Å². The molecule has 2 heterocycles. The van der Waals surface area contributed by atoms with Crippen LogP contribution in [-0.2, 0) is 11.3 Å². The molecule has 1 aromatic heterocycles. The van der Waals surface area contributed by atoms with Gasteiger partial charge in [-0.2, -0.15) is 0 Å². The average Bonchev–Trinajstić information content (AvgIpc) is 3.29. The third-order valence-electron chi connectivity index (χ3n) is 5.84. The Kier molecular flexibility index (Phi) is 6.02. The first kappa shape index (κ1) is 22.4. The maximum absolute atomic E-state index is 13.4. The highest BCUT2D eigenvalue weighted by molar-refractivity contribution is 8.18. The van der Waals surface area contributed by atoms with E-state index in [0.717, 1.165) is 39.0 Å². The third kappa shape index (κ3) is 4.39. The monoisotopic (exact) mass is 489 g/mol.